The van der Waals surface area contributed by atoms with Crippen LogP contribution >= 0.6 is 35.3 Å². The van der Waals surface area contributed by atoms with Crippen LogP contribution in [0.5, 0.6) is 0 Å². The van der Waals surface area contributed by atoms with Crippen molar-refractivity contribution < 1.29 is 0 Å². The van der Waals surface area contributed by atoms with E-state index in [-0.39, 0.29) is 24.0 Å². The van der Waals surface area contributed by atoms with Gasteiger partial charge in [-0.15, -0.1) is 24.0 Å². The minimum absolute atomic E-state index is 0. The van der Waals surface area contributed by atoms with E-state index in [0.29, 0.717) is 6.04 Å². The summed E-state index contributed by atoms with van der Waals surface area (Å²) >= 11 is 1.72. The van der Waals surface area contributed by atoms with Gasteiger partial charge in [-0.2, -0.15) is 11.3 Å². The number of guanidine groups is 1. The van der Waals surface area contributed by atoms with Gasteiger partial charge in [-0.3, -0.25) is 0 Å². The van der Waals surface area contributed by atoms with Crippen molar-refractivity contribution in [3.63, 3.8) is 0 Å². The molecule has 0 bridgehead atoms. The van der Waals surface area contributed by atoms with Crippen molar-refractivity contribution >= 4 is 41.3 Å². The number of nitrogens with zero attached hydrogens (tertiary/aromatic N) is 2. The highest BCUT2D eigenvalue weighted by molar-refractivity contribution is 14.0. The third kappa shape index (κ3) is 5.57. The average Bonchev–Trinajstić information content (AvgIpc) is 3.04. The van der Waals surface area contributed by atoms with Crippen LogP contribution in [0.15, 0.2) is 21.8 Å². The Morgan fingerprint density at radius 2 is 2.35 bits per heavy atom. The fraction of sp³-hybridized carbons (Fsp3) is 0.643. The fourth-order valence-electron chi connectivity index (χ4n) is 2.35. The Balaban J connectivity index is 0.00000200. The number of hydrogen-bond acceptors (Lipinski definition) is 3. The number of likely N-dealkylation sites (tertiary alicyclic amines) is 1. The highest BCUT2D eigenvalue weighted by atomic mass is 127. The molecule has 0 amide bonds. The Kier molecular flexibility index (Phi) is 8.47. The molecule has 1 aromatic rings. The van der Waals surface area contributed by atoms with E-state index in [1.54, 1.807) is 11.3 Å². The molecule has 4 nitrogen and oxygen atoms in total. The normalized spacial score (nSPS) is 19.7. The number of thiophene rings is 1. The van der Waals surface area contributed by atoms with E-state index in [2.05, 4.69) is 51.3 Å². The van der Waals surface area contributed by atoms with Crippen molar-refractivity contribution in [1.82, 2.24) is 15.5 Å². The van der Waals surface area contributed by atoms with Crippen LogP contribution in [0, 0.1) is 0 Å². The first-order valence-corrected chi connectivity index (χ1v) is 7.97. The second-order valence-corrected chi connectivity index (χ2v) is 5.76. The van der Waals surface area contributed by atoms with Gasteiger partial charge in [-0.1, -0.05) is 0 Å². The average molecular weight is 408 g/mol. The summed E-state index contributed by atoms with van der Waals surface area (Å²) in [5, 5.41) is 11.0. The summed E-state index contributed by atoms with van der Waals surface area (Å²) in [4.78, 5) is 7.05. The Morgan fingerprint density at radius 1 is 1.50 bits per heavy atom. The predicted octanol–water partition coefficient (Wildman–Crippen LogP) is 2.52. The van der Waals surface area contributed by atoms with Crippen LogP contribution < -0.4 is 10.6 Å². The number of rotatable bonds is 5. The summed E-state index contributed by atoms with van der Waals surface area (Å²) in [6, 6.07) is 2.77. The van der Waals surface area contributed by atoms with E-state index in [1.165, 1.54) is 24.9 Å². The molecule has 6 heteroatoms. The van der Waals surface area contributed by atoms with Gasteiger partial charge in [-0.25, -0.2) is 4.99 Å². The first-order valence-electron chi connectivity index (χ1n) is 7.03. The molecule has 1 aromatic heterocycles. The van der Waals surface area contributed by atoms with Gasteiger partial charge < -0.3 is 15.5 Å². The minimum atomic E-state index is 0. The van der Waals surface area contributed by atoms with Gasteiger partial charge >= 0.3 is 0 Å². The second kappa shape index (κ2) is 9.57. The van der Waals surface area contributed by atoms with Crippen LogP contribution in [0.3, 0.4) is 0 Å². The van der Waals surface area contributed by atoms with Crippen LogP contribution in [-0.2, 0) is 6.54 Å². The van der Waals surface area contributed by atoms with E-state index in [0.717, 1.165) is 25.6 Å². The van der Waals surface area contributed by atoms with Gasteiger partial charge in [0.25, 0.3) is 0 Å². The molecule has 0 aromatic carbocycles. The van der Waals surface area contributed by atoms with E-state index in [1.807, 2.05) is 0 Å². The summed E-state index contributed by atoms with van der Waals surface area (Å²) in [7, 11) is 2.20. The SMILES string of the molecule is CCNC(=NCc1ccsc1)NCC1CCCN1C.I. The Bertz CT molecular complexity index is 394. The minimum Gasteiger partial charge on any atom is -0.357 e. The number of likely N-dealkylation sites (N-methyl/N-ethyl adjacent to an activating group) is 1. The lowest BCUT2D eigenvalue weighted by Crippen LogP contribution is -2.43. The summed E-state index contributed by atoms with van der Waals surface area (Å²) in [6.07, 6.45) is 2.60. The predicted molar refractivity (Wildman–Crippen MR) is 98.2 cm³/mol. The molecule has 114 valence electrons. The van der Waals surface area contributed by atoms with Crippen LogP contribution in [-0.4, -0.2) is 43.6 Å². The maximum absolute atomic E-state index is 4.62. The Hall–Kier alpha value is -0.340. The molecule has 0 saturated carbocycles. The zero-order chi connectivity index (χ0) is 13.5. The number of halogens is 1. The molecule has 2 heterocycles. The molecule has 1 unspecified atom stereocenters. The number of nitrogens with one attached hydrogen (secondary N) is 2. The Morgan fingerprint density at radius 3 is 2.95 bits per heavy atom. The lowest BCUT2D eigenvalue weighted by Gasteiger charge is -2.21. The quantitative estimate of drug-likeness (QED) is 0.447. The highest BCUT2D eigenvalue weighted by Crippen LogP contribution is 2.13. The topological polar surface area (TPSA) is 39.7 Å². The third-order valence-corrected chi connectivity index (χ3v) is 4.25. The second-order valence-electron chi connectivity index (χ2n) is 4.98. The maximum Gasteiger partial charge on any atom is 0.191 e. The molecule has 1 fully saturated rings. The summed E-state index contributed by atoms with van der Waals surface area (Å²) in [5.74, 6) is 0.925. The smallest absolute Gasteiger partial charge is 0.191 e. The van der Waals surface area contributed by atoms with Crippen molar-refractivity contribution in [2.24, 2.45) is 4.99 Å². The van der Waals surface area contributed by atoms with Crippen molar-refractivity contribution in [1.29, 1.82) is 0 Å². The summed E-state index contributed by atoms with van der Waals surface area (Å²) in [5.41, 5.74) is 1.28. The molecule has 1 atom stereocenters. The first kappa shape index (κ1) is 17.7. The molecule has 20 heavy (non-hydrogen) atoms. The van der Waals surface area contributed by atoms with Gasteiger partial charge in [0.15, 0.2) is 5.96 Å². The van der Waals surface area contributed by atoms with E-state index in [4.69, 9.17) is 0 Å². The van der Waals surface area contributed by atoms with Crippen LogP contribution in [0.25, 0.3) is 0 Å². The van der Waals surface area contributed by atoms with Crippen LogP contribution in [0.2, 0.25) is 0 Å². The van der Waals surface area contributed by atoms with Gasteiger partial charge in [0.1, 0.15) is 0 Å². The molecule has 0 aliphatic carbocycles. The van der Waals surface area contributed by atoms with Crippen molar-refractivity contribution in [3.05, 3.63) is 22.4 Å². The lowest BCUT2D eigenvalue weighted by atomic mass is 10.2. The Labute approximate surface area is 143 Å². The summed E-state index contributed by atoms with van der Waals surface area (Å²) < 4.78 is 0. The zero-order valence-corrected chi connectivity index (χ0v) is 15.4. The van der Waals surface area contributed by atoms with Crippen LogP contribution in [0.4, 0.5) is 0 Å². The van der Waals surface area contributed by atoms with E-state index in [9.17, 15) is 0 Å². The molecule has 1 saturated heterocycles. The van der Waals surface area contributed by atoms with E-state index < -0.39 is 0 Å². The molecule has 2 N–H and O–H groups in total. The van der Waals surface area contributed by atoms with Crippen molar-refractivity contribution in [2.75, 3.05) is 26.7 Å². The van der Waals surface area contributed by atoms with E-state index >= 15 is 0 Å². The molecule has 0 spiro atoms. The van der Waals surface area contributed by atoms with Gasteiger partial charge in [0, 0.05) is 19.1 Å². The van der Waals surface area contributed by atoms with Gasteiger partial charge in [-0.05, 0) is 55.7 Å². The van der Waals surface area contributed by atoms with Crippen molar-refractivity contribution in [2.45, 2.75) is 32.4 Å². The largest absolute Gasteiger partial charge is 0.357 e. The lowest BCUT2D eigenvalue weighted by molar-refractivity contribution is 0.309. The molecule has 2 rings (SSSR count). The standard InChI is InChI=1S/C14H24N4S.HI/c1-3-15-14(16-9-12-6-8-19-11-12)17-10-13-5-4-7-18(13)2;/h6,8,11,13H,3-5,7,9-10H2,1-2H3,(H2,15,16,17);1H. The van der Waals surface area contributed by atoms with Crippen molar-refractivity contribution in [3.8, 4) is 0 Å². The zero-order valence-electron chi connectivity index (χ0n) is 12.3. The number of hydrogen-bond donors (Lipinski definition) is 2. The first-order chi connectivity index (χ1) is 9.29. The maximum atomic E-state index is 4.62. The van der Waals surface area contributed by atoms with Gasteiger partial charge in [0.2, 0.25) is 0 Å². The third-order valence-electron chi connectivity index (χ3n) is 3.52. The highest BCUT2D eigenvalue weighted by Gasteiger charge is 2.20. The summed E-state index contributed by atoms with van der Waals surface area (Å²) in [6.45, 7) is 5.94. The molecule has 1 aliphatic rings. The van der Waals surface area contributed by atoms with Gasteiger partial charge in [0.05, 0.1) is 6.54 Å². The molecule has 0 radical (unpaired) electrons. The van der Waals surface area contributed by atoms with Crippen LogP contribution in [0.1, 0.15) is 25.3 Å². The number of aliphatic imine (C=N–C) groups is 1. The monoisotopic (exact) mass is 408 g/mol. The fourth-order valence-corrected chi connectivity index (χ4v) is 3.01. The molecular weight excluding hydrogens is 383 g/mol. The molecule has 1 aliphatic heterocycles. The molecular formula is C14H25IN4S.